The lowest BCUT2D eigenvalue weighted by atomic mass is 10.2. The van der Waals surface area contributed by atoms with E-state index in [4.69, 9.17) is 14.2 Å². The fourth-order valence-electron chi connectivity index (χ4n) is 1.63. The van der Waals surface area contributed by atoms with Crippen molar-refractivity contribution in [2.45, 2.75) is 33.1 Å². The molecule has 1 aromatic rings. The summed E-state index contributed by atoms with van der Waals surface area (Å²) >= 11 is 0. The van der Waals surface area contributed by atoms with Crippen LogP contribution >= 0.6 is 0 Å². The van der Waals surface area contributed by atoms with Crippen LogP contribution < -0.4 is 10.1 Å². The van der Waals surface area contributed by atoms with E-state index in [9.17, 15) is 0 Å². The van der Waals surface area contributed by atoms with E-state index >= 15 is 0 Å². The minimum absolute atomic E-state index is 0.250. The molecule has 6 nitrogen and oxygen atoms in total. The molecule has 0 spiro atoms. The van der Waals surface area contributed by atoms with E-state index in [1.54, 1.807) is 7.11 Å². The molecule has 0 saturated carbocycles. The van der Waals surface area contributed by atoms with Crippen molar-refractivity contribution < 1.29 is 14.2 Å². The van der Waals surface area contributed by atoms with Crippen molar-refractivity contribution in [3.8, 4) is 5.88 Å². The number of ether oxygens (including phenoxy) is 3. The number of hydrogen-bond acceptors (Lipinski definition) is 6. The molecule has 0 aliphatic carbocycles. The lowest BCUT2D eigenvalue weighted by Crippen LogP contribution is -2.11. The monoisotopic (exact) mass is 297 g/mol. The van der Waals surface area contributed by atoms with E-state index in [1.807, 2.05) is 13.0 Å². The number of hydrogen-bond donors (Lipinski definition) is 1. The Kier molecular flexibility index (Phi) is 8.69. The second-order valence-electron chi connectivity index (χ2n) is 4.92. The van der Waals surface area contributed by atoms with Crippen LogP contribution in [-0.2, 0) is 9.47 Å². The number of aromatic nitrogens is 2. The van der Waals surface area contributed by atoms with E-state index in [1.165, 1.54) is 0 Å². The largest absolute Gasteiger partial charge is 0.475 e. The molecule has 1 rings (SSSR count). The summed E-state index contributed by atoms with van der Waals surface area (Å²) in [7, 11) is 1.65. The molecular weight excluding hydrogens is 270 g/mol. The first-order valence-electron chi connectivity index (χ1n) is 7.49. The van der Waals surface area contributed by atoms with Gasteiger partial charge in [-0.3, -0.25) is 0 Å². The van der Waals surface area contributed by atoms with Gasteiger partial charge in [-0.25, -0.2) is 4.98 Å². The summed E-state index contributed by atoms with van der Waals surface area (Å²) in [5.74, 6) is 2.40. The Morgan fingerprint density at radius 3 is 2.67 bits per heavy atom. The van der Waals surface area contributed by atoms with Crippen LogP contribution in [0.2, 0.25) is 0 Å². The Morgan fingerprint density at radius 2 is 2.00 bits per heavy atom. The van der Waals surface area contributed by atoms with Gasteiger partial charge in [-0.1, -0.05) is 13.8 Å². The molecule has 0 saturated heterocycles. The highest BCUT2D eigenvalue weighted by molar-refractivity contribution is 5.38. The highest BCUT2D eigenvalue weighted by Gasteiger charge is 2.08. The van der Waals surface area contributed by atoms with Crippen molar-refractivity contribution >= 4 is 5.82 Å². The molecule has 0 fully saturated rings. The van der Waals surface area contributed by atoms with Gasteiger partial charge in [0.2, 0.25) is 5.88 Å². The van der Waals surface area contributed by atoms with Crippen molar-refractivity contribution in [1.29, 1.82) is 0 Å². The Morgan fingerprint density at radius 1 is 1.19 bits per heavy atom. The Hall–Kier alpha value is -1.40. The van der Waals surface area contributed by atoms with Crippen LogP contribution in [0.25, 0.3) is 0 Å². The molecule has 1 heterocycles. The van der Waals surface area contributed by atoms with Crippen molar-refractivity contribution in [2.75, 3.05) is 45.4 Å². The molecule has 0 amide bonds. The fraction of sp³-hybridized carbons (Fsp3) is 0.733. The first-order chi connectivity index (χ1) is 10.2. The van der Waals surface area contributed by atoms with Gasteiger partial charge in [-0.15, -0.1) is 0 Å². The summed E-state index contributed by atoms with van der Waals surface area (Å²) in [5.41, 5.74) is 0. The summed E-state index contributed by atoms with van der Waals surface area (Å²) in [6.07, 6.45) is 0.939. The van der Waals surface area contributed by atoms with Gasteiger partial charge in [-0.05, 0) is 13.3 Å². The molecule has 0 unspecified atom stereocenters. The quantitative estimate of drug-likeness (QED) is 0.633. The van der Waals surface area contributed by atoms with Gasteiger partial charge in [0.15, 0.2) is 0 Å². The van der Waals surface area contributed by atoms with Gasteiger partial charge in [-0.2, -0.15) is 4.98 Å². The zero-order chi connectivity index (χ0) is 15.5. The summed E-state index contributed by atoms with van der Waals surface area (Å²) in [5, 5.41) is 3.29. The average Bonchev–Trinajstić information content (AvgIpc) is 2.47. The summed E-state index contributed by atoms with van der Waals surface area (Å²) in [6, 6.07) is 1.82. The molecular formula is C15H27N3O3. The third-order valence-electron chi connectivity index (χ3n) is 2.75. The van der Waals surface area contributed by atoms with Crippen LogP contribution in [-0.4, -0.2) is 50.1 Å². The van der Waals surface area contributed by atoms with Crippen LogP contribution in [0.5, 0.6) is 5.88 Å². The van der Waals surface area contributed by atoms with Gasteiger partial charge >= 0.3 is 0 Å². The Bertz CT molecular complexity index is 400. The molecule has 0 atom stereocenters. The Balaban J connectivity index is 2.59. The van der Waals surface area contributed by atoms with E-state index in [0.717, 1.165) is 37.8 Å². The highest BCUT2D eigenvalue weighted by Crippen LogP contribution is 2.18. The maximum Gasteiger partial charge on any atom is 0.218 e. The second kappa shape index (κ2) is 10.3. The summed E-state index contributed by atoms with van der Waals surface area (Å²) in [6.45, 7) is 9.46. The van der Waals surface area contributed by atoms with E-state index in [-0.39, 0.29) is 5.92 Å². The number of anilines is 1. The molecule has 0 radical (unpaired) electrons. The van der Waals surface area contributed by atoms with Crippen molar-refractivity contribution in [2.24, 2.45) is 0 Å². The first kappa shape index (κ1) is 17.7. The number of rotatable bonds is 11. The summed E-state index contributed by atoms with van der Waals surface area (Å²) in [4.78, 5) is 8.91. The van der Waals surface area contributed by atoms with E-state index in [2.05, 4.69) is 29.1 Å². The number of nitrogens with zero attached hydrogens (tertiary/aromatic N) is 2. The molecule has 1 N–H and O–H groups in total. The van der Waals surface area contributed by atoms with Gasteiger partial charge in [0.25, 0.3) is 0 Å². The number of nitrogens with one attached hydrogen (secondary N) is 1. The van der Waals surface area contributed by atoms with Crippen LogP contribution in [0.3, 0.4) is 0 Å². The molecule has 120 valence electrons. The van der Waals surface area contributed by atoms with Gasteiger partial charge in [0.1, 0.15) is 18.2 Å². The lowest BCUT2D eigenvalue weighted by molar-refractivity contribution is 0.143. The molecule has 1 aromatic heterocycles. The van der Waals surface area contributed by atoms with Crippen molar-refractivity contribution in [3.05, 3.63) is 11.9 Å². The first-order valence-corrected chi connectivity index (χ1v) is 7.49. The summed E-state index contributed by atoms with van der Waals surface area (Å²) < 4.78 is 15.9. The SMILES string of the molecule is CCOCCCNc1cc(OCCOC)nc(C(C)C)n1. The van der Waals surface area contributed by atoms with Gasteiger partial charge in [0.05, 0.1) is 6.61 Å². The van der Waals surface area contributed by atoms with Crippen LogP contribution in [0, 0.1) is 0 Å². The van der Waals surface area contributed by atoms with Crippen LogP contribution in [0.4, 0.5) is 5.82 Å². The predicted molar refractivity (Wildman–Crippen MR) is 83.1 cm³/mol. The third-order valence-corrected chi connectivity index (χ3v) is 2.75. The van der Waals surface area contributed by atoms with Crippen LogP contribution in [0.1, 0.15) is 38.9 Å². The van der Waals surface area contributed by atoms with Gasteiger partial charge < -0.3 is 19.5 Å². The topological polar surface area (TPSA) is 65.5 Å². The third kappa shape index (κ3) is 7.24. The highest BCUT2D eigenvalue weighted by atomic mass is 16.5. The molecule has 0 bridgehead atoms. The fourth-order valence-corrected chi connectivity index (χ4v) is 1.63. The van der Waals surface area contributed by atoms with E-state index < -0.39 is 0 Å². The molecule has 6 heteroatoms. The minimum Gasteiger partial charge on any atom is -0.475 e. The molecule has 0 aliphatic rings. The lowest BCUT2D eigenvalue weighted by Gasteiger charge is -2.12. The van der Waals surface area contributed by atoms with Gasteiger partial charge in [0, 0.05) is 38.9 Å². The predicted octanol–water partition coefficient (Wildman–Crippen LogP) is 2.46. The zero-order valence-corrected chi connectivity index (χ0v) is 13.5. The minimum atomic E-state index is 0.250. The maximum atomic E-state index is 5.58. The van der Waals surface area contributed by atoms with Crippen LogP contribution in [0.15, 0.2) is 6.07 Å². The van der Waals surface area contributed by atoms with Crippen molar-refractivity contribution in [3.63, 3.8) is 0 Å². The van der Waals surface area contributed by atoms with Crippen molar-refractivity contribution in [1.82, 2.24) is 9.97 Å². The normalized spacial score (nSPS) is 10.9. The molecule has 0 aliphatic heterocycles. The zero-order valence-electron chi connectivity index (χ0n) is 13.5. The van der Waals surface area contributed by atoms with E-state index in [0.29, 0.717) is 19.1 Å². The molecule has 21 heavy (non-hydrogen) atoms. The molecule has 0 aromatic carbocycles. The number of methoxy groups -OCH3 is 1. The maximum absolute atomic E-state index is 5.58. The second-order valence-corrected chi connectivity index (χ2v) is 4.92. The standard InChI is InChI=1S/C15H27N3O3/c1-5-20-8-6-7-16-13-11-14(21-10-9-19-4)18-15(17-13)12(2)3/h11-12H,5-10H2,1-4H3,(H,16,17,18). The average molecular weight is 297 g/mol. The smallest absolute Gasteiger partial charge is 0.218 e. The Labute approximate surface area is 127 Å².